The zero-order chi connectivity index (χ0) is 15.1. The van der Waals surface area contributed by atoms with Crippen molar-refractivity contribution in [2.75, 3.05) is 34.4 Å². The van der Waals surface area contributed by atoms with E-state index in [0.717, 1.165) is 31.1 Å². The van der Waals surface area contributed by atoms with E-state index in [4.69, 9.17) is 9.47 Å². The highest BCUT2D eigenvalue weighted by molar-refractivity contribution is 5.42. The number of rotatable bonds is 7. The molecule has 0 aromatic heterocycles. The van der Waals surface area contributed by atoms with E-state index in [1.807, 2.05) is 13.1 Å². The summed E-state index contributed by atoms with van der Waals surface area (Å²) in [5, 5.41) is 3.16. The Bertz CT molecular complexity index is 437. The van der Waals surface area contributed by atoms with Gasteiger partial charge in [0, 0.05) is 12.6 Å². The standard InChI is InChI=1S/C17H28N2O2/c1-18-13-14-7-8-16(20-3)17(12-14)21-11-9-15-6-4-5-10-19(15)2/h7-8,12,15,18H,4-6,9-11,13H2,1-3H3. The van der Waals surface area contributed by atoms with Crippen molar-refractivity contribution in [1.29, 1.82) is 0 Å². The largest absolute Gasteiger partial charge is 0.493 e. The van der Waals surface area contributed by atoms with Gasteiger partial charge in [-0.3, -0.25) is 0 Å². The summed E-state index contributed by atoms with van der Waals surface area (Å²) in [6.45, 7) is 2.80. The average Bonchev–Trinajstić information content (AvgIpc) is 2.50. The lowest BCUT2D eigenvalue weighted by Crippen LogP contribution is -2.37. The first-order valence-electron chi connectivity index (χ1n) is 7.89. The minimum atomic E-state index is 0.658. The van der Waals surface area contributed by atoms with Crippen molar-refractivity contribution < 1.29 is 9.47 Å². The molecule has 1 heterocycles. The maximum Gasteiger partial charge on any atom is 0.161 e. The molecule has 4 heteroatoms. The Morgan fingerprint density at radius 2 is 2.14 bits per heavy atom. The van der Waals surface area contributed by atoms with Crippen molar-refractivity contribution in [3.05, 3.63) is 23.8 Å². The normalized spacial score (nSPS) is 19.5. The molecule has 0 bridgehead atoms. The molecular weight excluding hydrogens is 264 g/mol. The van der Waals surface area contributed by atoms with Gasteiger partial charge >= 0.3 is 0 Å². The predicted octanol–water partition coefficient (Wildman–Crippen LogP) is 2.67. The number of ether oxygens (including phenoxy) is 2. The number of piperidine rings is 1. The Hall–Kier alpha value is -1.26. The van der Waals surface area contributed by atoms with Crippen LogP contribution in [0.5, 0.6) is 11.5 Å². The van der Waals surface area contributed by atoms with Crippen molar-refractivity contribution in [2.24, 2.45) is 0 Å². The molecule has 0 saturated carbocycles. The quantitative estimate of drug-likeness (QED) is 0.838. The SMILES string of the molecule is CNCc1ccc(OC)c(OCCC2CCCCN2C)c1. The second-order valence-electron chi connectivity index (χ2n) is 5.78. The first-order chi connectivity index (χ1) is 10.2. The second kappa shape index (κ2) is 8.25. The smallest absolute Gasteiger partial charge is 0.161 e. The van der Waals surface area contributed by atoms with Crippen LogP contribution in [0.15, 0.2) is 18.2 Å². The number of nitrogens with one attached hydrogen (secondary N) is 1. The Morgan fingerprint density at radius 1 is 1.29 bits per heavy atom. The summed E-state index contributed by atoms with van der Waals surface area (Å²) < 4.78 is 11.4. The third-order valence-corrected chi connectivity index (χ3v) is 4.24. The Labute approximate surface area is 128 Å². The fourth-order valence-corrected chi connectivity index (χ4v) is 2.96. The number of hydrogen-bond acceptors (Lipinski definition) is 4. The van der Waals surface area contributed by atoms with Crippen molar-refractivity contribution in [1.82, 2.24) is 10.2 Å². The number of hydrogen-bond donors (Lipinski definition) is 1. The van der Waals surface area contributed by atoms with E-state index in [0.29, 0.717) is 6.04 Å². The molecule has 1 aromatic rings. The molecule has 1 aliphatic heterocycles. The maximum atomic E-state index is 5.99. The predicted molar refractivity (Wildman–Crippen MR) is 86.1 cm³/mol. The van der Waals surface area contributed by atoms with Gasteiger partial charge in [-0.05, 0) is 57.6 Å². The summed E-state index contributed by atoms with van der Waals surface area (Å²) >= 11 is 0. The molecule has 1 aromatic carbocycles. The van der Waals surface area contributed by atoms with Gasteiger partial charge in [0.15, 0.2) is 11.5 Å². The summed E-state index contributed by atoms with van der Waals surface area (Å²) in [6, 6.07) is 6.77. The van der Waals surface area contributed by atoms with Crippen LogP contribution in [0.3, 0.4) is 0 Å². The molecule has 1 fully saturated rings. The molecule has 1 aliphatic rings. The highest BCUT2D eigenvalue weighted by atomic mass is 16.5. The fourth-order valence-electron chi connectivity index (χ4n) is 2.96. The van der Waals surface area contributed by atoms with Crippen LogP contribution < -0.4 is 14.8 Å². The average molecular weight is 292 g/mol. The fraction of sp³-hybridized carbons (Fsp3) is 0.647. The topological polar surface area (TPSA) is 33.7 Å². The first-order valence-corrected chi connectivity index (χ1v) is 7.89. The van der Waals surface area contributed by atoms with E-state index in [9.17, 15) is 0 Å². The third-order valence-electron chi connectivity index (χ3n) is 4.24. The summed E-state index contributed by atoms with van der Waals surface area (Å²) in [6.07, 6.45) is 5.04. The molecule has 118 valence electrons. The molecular formula is C17H28N2O2. The van der Waals surface area contributed by atoms with Crippen molar-refractivity contribution in [3.63, 3.8) is 0 Å². The van der Waals surface area contributed by atoms with Crippen LogP contribution in [-0.2, 0) is 6.54 Å². The van der Waals surface area contributed by atoms with E-state index in [1.165, 1.54) is 31.4 Å². The second-order valence-corrected chi connectivity index (χ2v) is 5.78. The molecule has 4 nitrogen and oxygen atoms in total. The molecule has 21 heavy (non-hydrogen) atoms. The molecule has 1 saturated heterocycles. The van der Waals surface area contributed by atoms with Crippen LogP contribution in [-0.4, -0.2) is 45.3 Å². The third kappa shape index (κ3) is 4.61. The van der Waals surface area contributed by atoms with E-state index < -0.39 is 0 Å². The van der Waals surface area contributed by atoms with Crippen molar-refractivity contribution in [3.8, 4) is 11.5 Å². The van der Waals surface area contributed by atoms with Gasteiger partial charge in [0.05, 0.1) is 13.7 Å². The van der Waals surface area contributed by atoms with Crippen molar-refractivity contribution in [2.45, 2.75) is 38.3 Å². The molecule has 1 unspecified atom stereocenters. The van der Waals surface area contributed by atoms with Crippen LogP contribution in [0.2, 0.25) is 0 Å². The van der Waals surface area contributed by atoms with Crippen LogP contribution in [0.25, 0.3) is 0 Å². The molecule has 0 radical (unpaired) electrons. The van der Waals surface area contributed by atoms with Crippen LogP contribution >= 0.6 is 0 Å². The van der Waals surface area contributed by atoms with Crippen LogP contribution in [0.4, 0.5) is 0 Å². The van der Waals surface area contributed by atoms with Gasteiger partial charge in [0.1, 0.15) is 0 Å². The lowest BCUT2D eigenvalue weighted by atomic mass is 10.0. The van der Waals surface area contributed by atoms with Gasteiger partial charge in [-0.15, -0.1) is 0 Å². The van der Waals surface area contributed by atoms with Gasteiger partial charge in [0.25, 0.3) is 0 Å². The van der Waals surface area contributed by atoms with E-state index in [1.54, 1.807) is 7.11 Å². The lowest BCUT2D eigenvalue weighted by Gasteiger charge is -2.32. The summed E-state index contributed by atoms with van der Waals surface area (Å²) in [7, 11) is 5.86. The van der Waals surface area contributed by atoms with Gasteiger partial charge in [-0.25, -0.2) is 0 Å². The number of nitrogens with zero attached hydrogens (tertiary/aromatic N) is 1. The highest BCUT2D eigenvalue weighted by Gasteiger charge is 2.18. The Balaban J connectivity index is 1.90. The molecule has 2 rings (SSSR count). The zero-order valence-corrected chi connectivity index (χ0v) is 13.5. The molecule has 1 atom stereocenters. The maximum absolute atomic E-state index is 5.99. The number of benzene rings is 1. The lowest BCUT2D eigenvalue weighted by molar-refractivity contribution is 0.152. The number of methoxy groups -OCH3 is 1. The van der Waals surface area contributed by atoms with E-state index >= 15 is 0 Å². The molecule has 0 spiro atoms. The van der Waals surface area contributed by atoms with Gasteiger partial charge in [-0.1, -0.05) is 12.5 Å². The first kappa shape index (κ1) is 16.1. The Morgan fingerprint density at radius 3 is 2.86 bits per heavy atom. The molecule has 0 aliphatic carbocycles. The highest BCUT2D eigenvalue weighted by Crippen LogP contribution is 2.28. The molecule has 1 N–H and O–H groups in total. The van der Waals surface area contributed by atoms with Gasteiger partial charge in [0.2, 0.25) is 0 Å². The van der Waals surface area contributed by atoms with Crippen LogP contribution in [0, 0.1) is 0 Å². The summed E-state index contributed by atoms with van der Waals surface area (Å²) in [5.41, 5.74) is 1.21. The minimum absolute atomic E-state index is 0.658. The minimum Gasteiger partial charge on any atom is -0.493 e. The summed E-state index contributed by atoms with van der Waals surface area (Å²) in [5.74, 6) is 1.66. The zero-order valence-electron chi connectivity index (χ0n) is 13.5. The number of likely N-dealkylation sites (tertiary alicyclic amines) is 1. The van der Waals surface area contributed by atoms with E-state index in [2.05, 4.69) is 29.4 Å². The van der Waals surface area contributed by atoms with Crippen LogP contribution in [0.1, 0.15) is 31.2 Å². The monoisotopic (exact) mass is 292 g/mol. The molecule has 0 amide bonds. The van der Waals surface area contributed by atoms with Gasteiger partial charge in [-0.2, -0.15) is 0 Å². The van der Waals surface area contributed by atoms with E-state index in [-0.39, 0.29) is 0 Å². The van der Waals surface area contributed by atoms with Gasteiger partial charge < -0.3 is 19.7 Å². The Kier molecular flexibility index (Phi) is 6.33. The van der Waals surface area contributed by atoms with Crippen molar-refractivity contribution >= 4 is 0 Å². The summed E-state index contributed by atoms with van der Waals surface area (Å²) in [4.78, 5) is 2.46.